The van der Waals surface area contributed by atoms with E-state index in [1.165, 1.54) is 6.92 Å². The monoisotopic (exact) mass is 445 g/mol. The number of hydrogen-bond acceptors (Lipinski definition) is 7. The van der Waals surface area contributed by atoms with Crippen LogP contribution in [0.15, 0.2) is 0 Å². The number of aliphatic carboxylic acids is 2. The molecule has 5 unspecified atom stereocenters. The fraction of sp³-hybridized carbons (Fsp3) is 0.667. The van der Waals surface area contributed by atoms with E-state index in [2.05, 4.69) is 16.0 Å². The number of carbonyl (C=O) groups excluding carboxylic acids is 4. The lowest BCUT2D eigenvalue weighted by Gasteiger charge is -2.27. The van der Waals surface area contributed by atoms with E-state index in [1.807, 2.05) is 0 Å². The number of carboxylic acid groups (broad SMARTS) is 2. The lowest BCUT2D eigenvalue weighted by molar-refractivity contribution is -0.144. The molecule has 4 amide bonds. The van der Waals surface area contributed by atoms with Crippen LogP contribution in [-0.2, 0) is 28.8 Å². The summed E-state index contributed by atoms with van der Waals surface area (Å²) in [4.78, 5) is 69.9. The molecule has 9 N–H and O–H groups in total. The van der Waals surface area contributed by atoms with E-state index < -0.39 is 72.1 Å². The van der Waals surface area contributed by atoms with Crippen molar-refractivity contribution >= 4 is 35.6 Å². The van der Waals surface area contributed by atoms with Crippen molar-refractivity contribution in [2.75, 3.05) is 0 Å². The average molecular weight is 445 g/mol. The van der Waals surface area contributed by atoms with Crippen molar-refractivity contribution in [1.29, 1.82) is 0 Å². The Morgan fingerprint density at radius 2 is 1.48 bits per heavy atom. The standard InChI is InChI=1S/C18H31N5O8/c1-4-8(2)14(17(29)22-11(18(30)31)7-12(20)24)23-15(27)9(3)21-16(28)10(19)5-6-13(25)26/h8-11,14H,4-7,19H2,1-3H3,(H2,20,24)(H,21,28)(H,22,29)(H,23,27)(H,25,26)(H,30,31). The van der Waals surface area contributed by atoms with Gasteiger partial charge < -0.3 is 37.6 Å². The van der Waals surface area contributed by atoms with Gasteiger partial charge in [0.05, 0.1) is 12.5 Å². The molecule has 0 saturated heterocycles. The van der Waals surface area contributed by atoms with Gasteiger partial charge in [0.15, 0.2) is 0 Å². The number of carbonyl (C=O) groups is 6. The molecule has 0 aromatic heterocycles. The van der Waals surface area contributed by atoms with Crippen molar-refractivity contribution in [2.24, 2.45) is 17.4 Å². The SMILES string of the molecule is CCC(C)C(NC(=O)C(C)NC(=O)C(N)CCC(=O)O)C(=O)NC(CC(N)=O)C(=O)O. The van der Waals surface area contributed by atoms with E-state index in [-0.39, 0.29) is 12.8 Å². The second-order valence-corrected chi connectivity index (χ2v) is 7.21. The van der Waals surface area contributed by atoms with Gasteiger partial charge in [0, 0.05) is 6.42 Å². The molecule has 0 aliphatic heterocycles. The van der Waals surface area contributed by atoms with Crippen molar-refractivity contribution in [2.45, 2.75) is 70.6 Å². The van der Waals surface area contributed by atoms with Crippen molar-refractivity contribution in [1.82, 2.24) is 16.0 Å². The first-order chi connectivity index (χ1) is 14.3. The van der Waals surface area contributed by atoms with Crippen molar-refractivity contribution in [3.05, 3.63) is 0 Å². The van der Waals surface area contributed by atoms with Gasteiger partial charge >= 0.3 is 11.9 Å². The molecular weight excluding hydrogens is 414 g/mol. The highest BCUT2D eigenvalue weighted by molar-refractivity contribution is 5.94. The predicted octanol–water partition coefficient (Wildman–Crippen LogP) is -2.34. The molecule has 0 saturated carbocycles. The van der Waals surface area contributed by atoms with Gasteiger partial charge in [-0.25, -0.2) is 4.79 Å². The molecule has 0 aromatic carbocycles. The fourth-order valence-electron chi connectivity index (χ4n) is 2.44. The van der Waals surface area contributed by atoms with E-state index in [1.54, 1.807) is 13.8 Å². The lowest BCUT2D eigenvalue weighted by atomic mass is 9.97. The molecule has 0 aliphatic rings. The zero-order valence-electron chi connectivity index (χ0n) is 17.7. The molecule has 0 heterocycles. The van der Waals surface area contributed by atoms with Crippen LogP contribution in [0.4, 0.5) is 0 Å². The van der Waals surface area contributed by atoms with Crippen LogP contribution < -0.4 is 27.4 Å². The third-order valence-electron chi connectivity index (χ3n) is 4.57. The van der Waals surface area contributed by atoms with Gasteiger partial charge in [0.2, 0.25) is 23.6 Å². The Balaban J connectivity index is 5.13. The minimum absolute atomic E-state index is 0.121. The van der Waals surface area contributed by atoms with E-state index in [4.69, 9.17) is 21.7 Å². The zero-order valence-corrected chi connectivity index (χ0v) is 17.7. The molecular formula is C18H31N5O8. The quantitative estimate of drug-likeness (QED) is 0.151. The lowest BCUT2D eigenvalue weighted by Crippen LogP contribution is -2.58. The summed E-state index contributed by atoms with van der Waals surface area (Å²) in [5.74, 6) is -6.21. The number of nitrogens with two attached hydrogens (primary N) is 2. The third-order valence-corrected chi connectivity index (χ3v) is 4.57. The molecule has 31 heavy (non-hydrogen) atoms. The van der Waals surface area contributed by atoms with Gasteiger partial charge in [-0.15, -0.1) is 0 Å². The number of rotatable bonds is 14. The predicted molar refractivity (Wildman–Crippen MR) is 107 cm³/mol. The summed E-state index contributed by atoms with van der Waals surface area (Å²) >= 11 is 0. The topological polar surface area (TPSA) is 231 Å². The Morgan fingerprint density at radius 3 is 1.94 bits per heavy atom. The third kappa shape index (κ3) is 10.4. The Labute approximate surface area is 179 Å². The minimum atomic E-state index is -1.56. The smallest absolute Gasteiger partial charge is 0.326 e. The Morgan fingerprint density at radius 1 is 0.903 bits per heavy atom. The fourth-order valence-corrected chi connectivity index (χ4v) is 2.44. The second kappa shape index (κ2) is 13.2. The van der Waals surface area contributed by atoms with E-state index in [0.717, 1.165) is 0 Å². The van der Waals surface area contributed by atoms with Gasteiger partial charge in [-0.3, -0.25) is 24.0 Å². The van der Waals surface area contributed by atoms with Crippen LogP contribution in [0, 0.1) is 5.92 Å². The van der Waals surface area contributed by atoms with Gasteiger partial charge in [0.25, 0.3) is 0 Å². The highest BCUT2D eigenvalue weighted by Gasteiger charge is 2.32. The Bertz CT molecular complexity index is 698. The van der Waals surface area contributed by atoms with Crippen molar-refractivity contribution in [3.63, 3.8) is 0 Å². The Kier molecular flexibility index (Phi) is 11.8. The first-order valence-corrected chi connectivity index (χ1v) is 9.69. The molecule has 0 radical (unpaired) electrons. The van der Waals surface area contributed by atoms with Crippen LogP contribution in [0.2, 0.25) is 0 Å². The van der Waals surface area contributed by atoms with E-state index in [0.29, 0.717) is 6.42 Å². The summed E-state index contributed by atoms with van der Waals surface area (Å²) in [6, 6.07) is -4.95. The number of carboxylic acids is 2. The molecule has 0 bridgehead atoms. The summed E-state index contributed by atoms with van der Waals surface area (Å²) in [7, 11) is 0. The zero-order chi connectivity index (χ0) is 24.3. The largest absolute Gasteiger partial charge is 0.481 e. The van der Waals surface area contributed by atoms with Crippen LogP contribution in [0.5, 0.6) is 0 Å². The molecule has 13 nitrogen and oxygen atoms in total. The van der Waals surface area contributed by atoms with E-state index in [9.17, 15) is 28.8 Å². The highest BCUT2D eigenvalue weighted by Crippen LogP contribution is 2.09. The summed E-state index contributed by atoms with van der Waals surface area (Å²) in [6.07, 6.45) is -0.610. The Hall–Kier alpha value is -3.22. The maximum Gasteiger partial charge on any atom is 0.326 e. The van der Waals surface area contributed by atoms with Gasteiger partial charge in [0.1, 0.15) is 18.1 Å². The number of primary amides is 1. The van der Waals surface area contributed by atoms with Crippen LogP contribution in [0.25, 0.3) is 0 Å². The van der Waals surface area contributed by atoms with Crippen LogP contribution in [-0.4, -0.2) is 69.9 Å². The summed E-state index contributed by atoms with van der Waals surface area (Å²) in [6.45, 7) is 4.75. The molecule has 5 atom stereocenters. The average Bonchev–Trinajstić information content (AvgIpc) is 2.67. The molecule has 0 aromatic rings. The molecule has 13 heteroatoms. The molecule has 176 valence electrons. The molecule has 0 aliphatic carbocycles. The molecule has 0 spiro atoms. The highest BCUT2D eigenvalue weighted by atomic mass is 16.4. The van der Waals surface area contributed by atoms with Crippen molar-refractivity contribution < 1.29 is 39.0 Å². The molecule has 0 rings (SSSR count). The van der Waals surface area contributed by atoms with Crippen LogP contribution in [0.3, 0.4) is 0 Å². The van der Waals surface area contributed by atoms with Crippen LogP contribution in [0.1, 0.15) is 46.5 Å². The maximum absolute atomic E-state index is 12.6. The van der Waals surface area contributed by atoms with Gasteiger partial charge in [-0.2, -0.15) is 0 Å². The van der Waals surface area contributed by atoms with Gasteiger partial charge in [-0.05, 0) is 19.3 Å². The number of amides is 4. The summed E-state index contributed by atoms with van der Waals surface area (Å²) in [5, 5.41) is 24.7. The number of nitrogens with one attached hydrogen (secondary N) is 3. The number of hydrogen-bond donors (Lipinski definition) is 7. The van der Waals surface area contributed by atoms with Crippen molar-refractivity contribution in [3.8, 4) is 0 Å². The van der Waals surface area contributed by atoms with Gasteiger partial charge in [-0.1, -0.05) is 20.3 Å². The minimum Gasteiger partial charge on any atom is -0.481 e. The first-order valence-electron chi connectivity index (χ1n) is 9.69. The summed E-state index contributed by atoms with van der Waals surface area (Å²) < 4.78 is 0. The van der Waals surface area contributed by atoms with Crippen LogP contribution >= 0.6 is 0 Å². The second-order valence-electron chi connectivity index (χ2n) is 7.21. The maximum atomic E-state index is 12.6. The molecule has 0 fully saturated rings. The normalized spacial score (nSPS) is 15.5. The summed E-state index contributed by atoms with van der Waals surface area (Å²) in [5.41, 5.74) is 10.6. The van der Waals surface area contributed by atoms with E-state index >= 15 is 0 Å². The first kappa shape index (κ1) is 27.8.